The number of ether oxygens (including phenoxy) is 4. The average molecular weight is 250 g/mol. The fraction of sp³-hybridized carbons (Fsp3) is 0.538. The lowest BCUT2D eigenvalue weighted by molar-refractivity contribution is -0.0961. The van der Waals surface area contributed by atoms with Crippen LogP contribution in [-0.2, 0) is 9.47 Å². The van der Waals surface area contributed by atoms with Crippen LogP contribution in [0.1, 0.15) is 11.7 Å². The SMILES string of the molecule is O[C@H]1OC[C@H]2[C@@H]1CO[C@H]2c1ccc2c(c1)OCO2. The molecule has 0 radical (unpaired) electrons. The molecule has 2 saturated heterocycles. The third-order valence-electron chi connectivity index (χ3n) is 3.96. The number of fused-ring (bicyclic) bond motifs is 2. The molecule has 1 aromatic rings. The number of aliphatic hydroxyl groups is 1. The molecule has 0 bridgehead atoms. The summed E-state index contributed by atoms with van der Waals surface area (Å²) in [6, 6.07) is 5.85. The van der Waals surface area contributed by atoms with Crippen LogP contribution in [0, 0.1) is 11.8 Å². The molecule has 1 aromatic carbocycles. The van der Waals surface area contributed by atoms with Gasteiger partial charge in [-0.15, -0.1) is 0 Å². The Morgan fingerprint density at radius 2 is 1.83 bits per heavy atom. The second-order valence-corrected chi connectivity index (χ2v) is 4.92. The monoisotopic (exact) mass is 250 g/mol. The maximum atomic E-state index is 9.67. The summed E-state index contributed by atoms with van der Waals surface area (Å²) in [5.41, 5.74) is 1.06. The first kappa shape index (κ1) is 10.6. The first-order chi connectivity index (χ1) is 8.83. The second-order valence-electron chi connectivity index (χ2n) is 4.92. The molecule has 4 atom stereocenters. The van der Waals surface area contributed by atoms with Crippen LogP contribution in [0.4, 0.5) is 0 Å². The van der Waals surface area contributed by atoms with E-state index in [4.69, 9.17) is 18.9 Å². The molecule has 18 heavy (non-hydrogen) atoms. The Morgan fingerprint density at radius 3 is 2.78 bits per heavy atom. The van der Waals surface area contributed by atoms with E-state index in [-0.39, 0.29) is 24.7 Å². The molecule has 96 valence electrons. The molecule has 3 heterocycles. The van der Waals surface area contributed by atoms with E-state index in [1.54, 1.807) is 0 Å². The van der Waals surface area contributed by atoms with Crippen molar-refractivity contribution in [2.24, 2.45) is 11.8 Å². The molecule has 3 aliphatic rings. The summed E-state index contributed by atoms with van der Waals surface area (Å²) in [7, 11) is 0. The Labute approximate surface area is 104 Å². The summed E-state index contributed by atoms with van der Waals surface area (Å²) < 4.78 is 21.7. The quantitative estimate of drug-likeness (QED) is 0.808. The van der Waals surface area contributed by atoms with Gasteiger partial charge in [0.2, 0.25) is 6.79 Å². The molecule has 5 nitrogen and oxygen atoms in total. The molecule has 4 rings (SSSR count). The molecule has 0 saturated carbocycles. The fourth-order valence-electron chi connectivity index (χ4n) is 2.96. The van der Waals surface area contributed by atoms with Crippen LogP contribution in [0.15, 0.2) is 18.2 Å². The van der Waals surface area contributed by atoms with Crippen LogP contribution in [0.5, 0.6) is 11.5 Å². The summed E-state index contributed by atoms with van der Waals surface area (Å²) in [5, 5.41) is 9.67. The number of rotatable bonds is 1. The summed E-state index contributed by atoms with van der Waals surface area (Å²) >= 11 is 0. The van der Waals surface area contributed by atoms with Gasteiger partial charge in [-0.25, -0.2) is 0 Å². The van der Waals surface area contributed by atoms with Crippen molar-refractivity contribution in [2.75, 3.05) is 20.0 Å². The highest BCUT2D eigenvalue weighted by atomic mass is 16.7. The molecule has 1 N–H and O–H groups in total. The molecular formula is C13H14O5. The highest BCUT2D eigenvalue weighted by Gasteiger charge is 2.47. The van der Waals surface area contributed by atoms with Crippen LogP contribution < -0.4 is 9.47 Å². The lowest BCUT2D eigenvalue weighted by Gasteiger charge is -2.16. The molecule has 2 fully saturated rings. The molecule has 0 unspecified atom stereocenters. The minimum Gasteiger partial charge on any atom is -0.454 e. The van der Waals surface area contributed by atoms with E-state index >= 15 is 0 Å². The predicted molar refractivity (Wildman–Crippen MR) is 60.2 cm³/mol. The average Bonchev–Trinajstić information content (AvgIpc) is 3.06. The van der Waals surface area contributed by atoms with E-state index < -0.39 is 6.29 Å². The van der Waals surface area contributed by atoms with Crippen LogP contribution >= 0.6 is 0 Å². The van der Waals surface area contributed by atoms with Crippen molar-refractivity contribution in [3.63, 3.8) is 0 Å². The smallest absolute Gasteiger partial charge is 0.231 e. The maximum absolute atomic E-state index is 9.67. The van der Waals surface area contributed by atoms with E-state index in [1.807, 2.05) is 18.2 Å². The van der Waals surface area contributed by atoms with E-state index in [0.29, 0.717) is 13.2 Å². The molecule has 3 aliphatic heterocycles. The number of hydrogen-bond donors (Lipinski definition) is 1. The largest absolute Gasteiger partial charge is 0.454 e. The van der Waals surface area contributed by atoms with Gasteiger partial charge in [-0.3, -0.25) is 0 Å². The van der Waals surface area contributed by atoms with Crippen LogP contribution in [-0.4, -0.2) is 31.4 Å². The van der Waals surface area contributed by atoms with Crippen molar-refractivity contribution >= 4 is 0 Å². The molecule has 0 aromatic heterocycles. The number of hydrogen-bond acceptors (Lipinski definition) is 5. The van der Waals surface area contributed by atoms with Crippen LogP contribution in [0.25, 0.3) is 0 Å². The molecular weight excluding hydrogens is 236 g/mol. The molecule has 0 aliphatic carbocycles. The Bertz CT molecular complexity index is 474. The van der Waals surface area contributed by atoms with Crippen molar-refractivity contribution < 1.29 is 24.1 Å². The van der Waals surface area contributed by atoms with E-state index in [0.717, 1.165) is 17.1 Å². The van der Waals surface area contributed by atoms with Gasteiger partial charge in [-0.2, -0.15) is 0 Å². The molecule has 0 amide bonds. The van der Waals surface area contributed by atoms with Crippen molar-refractivity contribution in [1.82, 2.24) is 0 Å². The highest BCUT2D eigenvalue weighted by molar-refractivity contribution is 5.45. The minimum absolute atomic E-state index is 0.0263. The third-order valence-corrected chi connectivity index (χ3v) is 3.96. The molecule has 0 spiro atoms. The standard InChI is InChI=1S/C13H14O5/c14-13-9-5-15-12(8(9)4-16-13)7-1-2-10-11(3-7)18-6-17-10/h1-3,8-9,12-14H,4-6H2/t8-,9-,12-,13-/m0/s1. The minimum atomic E-state index is -0.686. The van der Waals surface area contributed by atoms with Gasteiger partial charge in [-0.05, 0) is 17.7 Å². The topological polar surface area (TPSA) is 57.2 Å². The van der Waals surface area contributed by atoms with Gasteiger partial charge in [0, 0.05) is 11.8 Å². The van der Waals surface area contributed by atoms with E-state index in [2.05, 4.69) is 0 Å². The second kappa shape index (κ2) is 3.85. The van der Waals surface area contributed by atoms with Gasteiger partial charge in [-0.1, -0.05) is 6.07 Å². The van der Waals surface area contributed by atoms with Gasteiger partial charge in [0.05, 0.1) is 19.3 Å². The van der Waals surface area contributed by atoms with E-state index in [1.165, 1.54) is 0 Å². The van der Waals surface area contributed by atoms with Gasteiger partial charge >= 0.3 is 0 Å². The zero-order chi connectivity index (χ0) is 12.1. The highest BCUT2D eigenvalue weighted by Crippen LogP contribution is 2.46. The molecule has 5 heteroatoms. The summed E-state index contributed by atoms with van der Waals surface area (Å²) in [6.07, 6.45) is -0.712. The van der Waals surface area contributed by atoms with Gasteiger partial charge < -0.3 is 24.1 Å². The maximum Gasteiger partial charge on any atom is 0.231 e. The number of benzene rings is 1. The summed E-state index contributed by atoms with van der Waals surface area (Å²) in [6.45, 7) is 1.37. The first-order valence-electron chi connectivity index (χ1n) is 6.14. The van der Waals surface area contributed by atoms with E-state index in [9.17, 15) is 5.11 Å². The Kier molecular flexibility index (Phi) is 2.27. The zero-order valence-electron chi connectivity index (χ0n) is 9.74. The van der Waals surface area contributed by atoms with Gasteiger partial charge in [0.25, 0.3) is 0 Å². The lowest BCUT2D eigenvalue weighted by atomic mass is 9.89. The van der Waals surface area contributed by atoms with Crippen LogP contribution in [0.2, 0.25) is 0 Å². The lowest BCUT2D eigenvalue weighted by Crippen LogP contribution is -2.19. The van der Waals surface area contributed by atoms with Crippen molar-refractivity contribution in [3.05, 3.63) is 23.8 Å². The zero-order valence-corrected chi connectivity index (χ0v) is 9.74. The van der Waals surface area contributed by atoms with Crippen LogP contribution in [0.3, 0.4) is 0 Å². The van der Waals surface area contributed by atoms with Gasteiger partial charge in [0.15, 0.2) is 17.8 Å². The Hall–Kier alpha value is -1.30. The van der Waals surface area contributed by atoms with Gasteiger partial charge in [0.1, 0.15) is 0 Å². The fourth-order valence-corrected chi connectivity index (χ4v) is 2.96. The summed E-state index contributed by atoms with van der Waals surface area (Å²) in [4.78, 5) is 0. The Balaban J connectivity index is 1.64. The normalized spacial score (nSPS) is 36.9. The van der Waals surface area contributed by atoms with Crippen molar-refractivity contribution in [2.45, 2.75) is 12.4 Å². The van der Waals surface area contributed by atoms with Crippen molar-refractivity contribution in [1.29, 1.82) is 0 Å². The first-order valence-corrected chi connectivity index (χ1v) is 6.14. The predicted octanol–water partition coefficient (Wildman–Crippen LogP) is 1.07. The Morgan fingerprint density at radius 1 is 1.00 bits per heavy atom. The third kappa shape index (κ3) is 1.44. The number of aliphatic hydroxyl groups excluding tert-OH is 1. The van der Waals surface area contributed by atoms with Crippen molar-refractivity contribution in [3.8, 4) is 11.5 Å². The summed E-state index contributed by atoms with van der Waals surface area (Å²) in [5.74, 6) is 1.84.